The highest BCUT2D eigenvalue weighted by molar-refractivity contribution is 9.10. The van der Waals surface area contributed by atoms with Gasteiger partial charge in [0.2, 0.25) is 5.91 Å². The third kappa shape index (κ3) is 4.74. The summed E-state index contributed by atoms with van der Waals surface area (Å²) < 4.78 is 3.11. The van der Waals surface area contributed by atoms with E-state index in [0.717, 1.165) is 34.0 Å². The van der Waals surface area contributed by atoms with Gasteiger partial charge in [-0.1, -0.05) is 70.2 Å². The molecule has 0 bridgehead atoms. The molecule has 0 aliphatic heterocycles. The van der Waals surface area contributed by atoms with Crippen molar-refractivity contribution in [3.8, 4) is 11.4 Å². The van der Waals surface area contributed by atoms with Crippen molar-refractivity contribution in [3.63, 3.8) is 0 Å². The van der Waals surface area contributed by atoms with E-state index in [9.17, 15) is 4.79 Å². The van der Waals surface area contributed by atoms with Crippen molar-refractivity contribution in [1.82, 2.24) is 20.1 Å². The van der Waals surface area contributed by atoms with Gasteiger partial charge in [0.1, 0.15) is 0 Å². The molecule has 3 rings (SSSR count). The Kier molecular flexibility index (Phi) is 6.46. The smallest absolute Gasteiger partial charge is 0.230 e. The minimum absolute atomic E-state index is 0.0298. The molecule has 3 aromatic rings. The Bertz CT molecular complexity index is 865. The Balaban J connectivity index is 1.86. The molecule has 0 aliphatic carbocycles. The molecule has 5 nitrogen and oxygen atoms in total. The fourth-order valence-corrected chi connectivity index (χ4v) is 3.60. The van der Waals surface area contributed by atoms with Crippen molar-refractivity contribution in [3.05, 3.63) is 64.6 Å². The molecular weight excluding hydrogens is 412 g/mol. The van der Waals surface area contributed by atoms with Gasteiger partial charge in [-0.3, -0.25) is 4.79 Å². The standard InChI is InChI=1S/C19H19BrN4OS/c1-21-17(25)13-26-19-23-22-18(15-7-9-16(20)10-8-15)24(19)12-11-14-5-3-2-4-6-14/h2-10H,11-13H2,1H3,(H,21,25). The van der Waals surface area contributed by atoms with E-state index in [4.69, 9.17) is 0 Å². The Hall–Kier alpha value is -2.12. The largest absolute Gasteiger partial charge is 0.358 e. The van der Waals surface area contributed by atoms with Gasteiger partial charge >= 0.3 is 0 Å². The fourth-order valence-electron chi connectivity index (χ4n) is 2.50. The molecule has 1 heterocycles. The summed E-state index contributed by atoms with van der Waals surface area (Å²) in [5.74, 6) is 1.10. The normalized spacial score (nSPS) is 10.7. The number of hydrogen-bond donors (Lipinski definition) is 1. The number of aromatic nitrogens is 3. The summed E-state index contributed by atoms with van der Waals surface area (Å²) >= 11 is 4.86. The van der Waals surface area contributed by atoms with Crippen molar-refractivity contribution in [2.24, 2.45) is 0 Å². The van der Waals surface area contributed by atoms with E-state index in [2.05, 4.69) is 48.1 Å². The molecule has 2 aromatic carbocycles. The Morgan fingerprint density at radius 1 is 1.12 bits per heavy atom. The van der Waals surface area contributed by atoms with Gasteiger partial charge in [0.25, 0.3) is 0 Å². The van der Waals surface area contributed by atoms with Crippen LogP contribution in [0.5, 0.6) is 0 Å². The number of amides is 1. The van der Waals surface area contributed by atoms with Gasteiger partial charge in [0.15, 0.2) is 11.0 Å². The minimum atomic E-state index is -0.0298. The first-order chi connectivity index (χ1) is 12.7. The number of carbonyl (C=O) groups is 1. The van der Waals surface area contributed by atoms with Crippen LogP contribution in [0.15, 0.2) is 64.2 Å². The van der Waals surface area contributed by atoms with Crippen LogP contribution in [-0.2, 0) is 17.8 Å². The van der Waals surface area contributed by atoms with Crippen LogP contribution < -0.4 is 5.32 Å². The predicted octanol–water partition coefficient (Wildman–Crippen LogP) is 3.79. The van der Waals surface area contributed by atoms with Crippen LogP contribution in [0.3, 0.4) is 0 Å². The summed E-state index contributed by atoms with van der Waals surface area (Å²) in [5.41, 5.74) is 2.26. The number of nitrogens with zero attached hydrogens (tertiary/aromatic N) is 3. The Labute approximate surface area is 165 Å². The van der Waals surface area contributed by atoms with E-state index >= 15 is 0 Å². The van der Waals surface area contributed by atoms with Gasteiger partial charge in [-0.2, -0.15) is 0 Å². The van der Waals surface area contributed by atoms with E-state index in [0.29, 0.717) is 5.75 Å². The third-order valence-electron chi connectivity index (χ3n) is 3.90. The zero-order valence-electron chi connectivity index (χ0n) is 14.4. The number of aryl methyl sites for hydroxylation is 1. The number of thioether (sulfide) groups is 1. The van der Waals surface area contributed by atoms with Crippen LogP contribution >= 0.6 is 27.7 Å². The maximum absolute atomic E-state index is 11.6. The van der Waals surface area contributed by atoms with Crippen LogP contribution in [0.2, 0.25) is 0 Å². The number of benzene rings is 2. The number of hydrogen-bond acceptors (Lipinski definition) is 4. The molecule has 26 heavy (non-hydrogen) atoms. The van der Waals surface area contributed by atoms with Gasteiger partial charge in [-0.25, -0.2) is 0 Å². The second kappa shape index (κ2) is 9.00. The summed E-state index contributed by atoms with van der Waals surface area (Å²) in [4.78, 5) is 11.6. The first-order valence-electron chi connectivity index (χ1n) is 8.24. The van der Waals surface area contributed by atoms with Crippen molar-refractivity contribution in [2.45, 2.75) is 18.1 Å². The topological polar surface area (TPSA) is 59.8 Å². The molecule has 1 amide bonds. The lowest BCUT2D eigenvalue weighted by Gasteiger charge is -2.10. The zero-order valence-corrected chi connectivity index (χ0v) is 16.8. The summed E-state index contributed by atoms with van der Waals surface area (Å²) in [7, 11) is 1.64. The van der Waals surface area contributed by atoms with Gasteiger partial charge < -0.3 is 9.88 Å². The maximum Gasteiger partial charge on any atom is 0.230 e. The predicted molar refractivity (Wildman–Crippen MR) is 108 cm³/mol. The van der Waals surface area contributed by atoms with E-state index in [-0.39, 0.29) is 5.91 Å². The number of rotatable bonds is 7. The van der Waals surface area contributed by atoms with Crippen LogP contribution in [0.1, 0.15) is 5.56 Å². The fraction of sp³-hybridized carbons (Fsp3) is 0.211. The minimum Gasteiger partial charge on any atom is -0.358 e. The van der Waals surface area contributed by atoms with Gasteiger partial charge in [0.05, 0.1) is 5.75 Å². The SMILES string of the molecule is CNC(=O)CSc1nnc(-c2ccc(Br)cc2)n1CCc1ccccc1. The van der Waals surface area contributed by atoms with Gasteiger partial charge in [-0.15, -0.1) is 10.2 Å². The molecule has 1 N–H and O–H groups in total. The van der Waals surface area contributed by atoms with E-state index < -0.39 is 0 Å². The lowest BCUT2D eigenvalue weighted by Crippen LogP contribution is -2.20. The first-order valence-corrected chi connectivity index (χ1v) is 10.0. The highest BCUT2D eigenvalue weighted by atomic mass is 79.9. The molecule has 0 atom stereocenters. The molecule has 0 unspecified atom stereocenters. The highest BCUT2D eigenvalue weighted by Gasteiger charge is 2.15. The van der Waals surface area contributed by atoms with Crippen LogP contribution in [0, 0.1) is 0 Å². The molecular formula is C19H19BrN4OS. The lowest BCUT2D eigenvalue weighted by atomic mass is 10.1. The van der Waals surface area contributed by atoms with E-state index in [1.807, 2.05) is 42.5 Å². The molecule has 0 radical (unpaired) electrons. The zero-order chi connectivity index (χ0) is 18.4. The Morgan fingerprint density at radius 3 is 2.54 bits per heavy atom. The van der Waals surface area contributed by atoms with Crippen LogP contribution in [0.4, 0.5) is 0 Å². The third-order valence-corrected chi connectivity index (χ3v) is 5.39. The Morgan fingerprint density at radius 2 is 1.85 bits per heavy atom. The van der Waals surface area contributed by atoms with Crippen LogP contribution in [0.25, 0.3) is 11.4 Å². The number of carbonyl (C=O) groups excluding carboxylic acids is 1. The summed E-state index contributed by atoms with van der Waals surface area (Å²) in [6.07, 6.45) is 0.871. The van der Waals surface area contributed by atoms with E-state index in [1.165, 1.54) is 17.3 Å². The summed E-state index contributed by atoms with van der Waals surface area (Å²) in [6.45, 7) is 0.748. The van der Waals surface area contributed by atoms with Crippen molar-refractivity contribution >= 4 is 33.6 Å². The van der Waals surface area contributed by atoms with Crippen molar-refractivity contribution < 1.29 is 4.79 Å². The molecule has 0 spiro atoms. The number of halogens is 1. The van der Waals surface area contributed by atoms with E-state index in [1.54, 1.807) is 7.05 Å². The lowest BCUT2D eigenvalue weighted by molar-refractivity contribution is -0.118. The second-order valence-electron chi connectivity index (χ2n) is 5.66. The monoisotopic (exact) mass is 430 g/mol. The molecule has 0 saturated heterocycles. The molecule has 0 aliphatic rings. The molecule has 0 fully saturated rings. The quantitative estimate of drug-likeness (QED) is 0.579. The van der Waals surface area contributed by atoms with Crippen molar-refractivity contribution in [2.75, 3.05) is 12.8 Å². The van der Waals surface area contributed by atoms with Crippen LogP contribution in [-0.4, -0.2) is 33.5 Å². The average Bonchev–Trinajstić information content (AvgIpc) is 3.08. The average molecular weight is 431 g/mol. The second-order valence-corrected chi connectivity index (χ2v) is 7.52. The molecule has 7 heteroatoms. The summed E-state index contributed by atoms with van der Waals surface area (Å²) in [5, 5.41) is 12.1. The molecule has 1 aromatic heterocycles. The first kappa shape index (κ1) is 18.7. The van der Waals surface area contributed by atoms with Gasteiger partial charge in [-0.05, 0) is 24.1 Å². The number of nitrogens with one attached hydrogen (secondary N) is 1. The highest BCUT2D eigenvalue weighted by Crippen LogP contribution is 2.25. The molecule has 0 saturated carbocycles. The summed E-state index contributed by atoms with van der Waals surface area (Å²) in [6, 6.07) is 18.3. The van der Waals surface area contributed by atoms with Gasteiger partial charge in [0, 0.05) is 23.6 Å². The molecule has 134 valence electrons. The maximum atomic E-state index is 11.6. The van der Waals surface area contributed by atoms with Crippen molar-refractivity contribution in [1.29, 1.82) is 0 Å².